The van der Waals surface area contributed by atoms with Gasteiger partial charge < -0.3 is 21.1 Å². The highest BCUT2D eigenvalue weighted by atomic mass is 16.5. The van der Waals surface area contributed by atoms with Crippen LogP contribution in [0.3, 0.4) is 0 Å². The van der Waals surface area contributed by atoms with Crippen molar-refractivity contribution in [3.05, 3.63) is 59.7 Å². The Hall–Kier alpha value is -3.02. The normalized spacial score (nSPS) is 9.86. The third-order valence-corrected chi connectivity index (χ3v) is 3.00. The van der Waals surface area contributed by atoms with E-state index in [2.05, 4.69) is 10.6 Å². The molecule has 0 spiro atoms. The van der Waals surface area contributed by atoms with E-state index >= 15 is 0 Å². The lowest BCUT2D eigenvalue weighted by Crippen LogP contribution is -2.23. The molecule has 6 nitrogen and oxygen atoms in total. The first-order valence-electron chi connectivity index (χ1n) is 6.66. The molecule has 0 aliphatic carbocycles. The SMILES string of the molecule is COc1cccc(CNC(=O)c2ccc(NC(N)=O)cc2)c1. The number of urea groups is 1. The van der Waals surface area contributed by atoms with E-state index in [0.29, 0.717) is 17.8 Å². The molecule has 0 unspecified atom stereocenters. The Morgan fingerprint density at radius 3 is 2.50 bits per heavy atom. The number of nitrogens with two attached hydrogens (primary N) is 1. The van der Waals surface area contributed by atoms with E-state index < -0.39 is 6.03 Å². The summed E-state index contributed by atoms with van der Waals surface area (Å²) < 4.78 is 5.13. The monoisotopic (exact) mass is 299 g/mol. The number of carbonyl (C=O) groups is 2. The summed E-state index contributed by atoms with van der Waals surface area (Å²) in [4.78, 5) is 22.8. The molecule has 2 aromatic carbocycles. The lowest BCUT2D eigenvalue weighted by Gasteiger charge is -2.08. The molecule has 6 heteroatoms. The average Bonchev–Trinajstić information content (AvgIpc) is 2.53. The minimum atomic E-state index is -0.643. The number of methoxy groups -OCH3 is 1. The molecule has 0 fully saturated rings. The molecule has 0 heterocycles. The smallest absolute Gasteiger partial charge is 0.316 e. The van der Waals surface area contributed by atoms with Crippen LogP contribution in [0.2, 0.25) is 0 Å². The summed E-state index contributed by atoms with van der Waals surface area (Å²) >= 11 is 0. The largest absolute Gasteiger partial charge is 0.497 e. The highest BCUT2D eigenvalue weighted by Crippen LogP contribution is 2.13. The Morgan fingerprint density at radius 2 is 1.86 bits per heavy atom. The molecule has 22 heavy (non-hydrogen) atoms. The van der Waals surface area contributed by atoms with Crippen LogP contribution in [0.15, 0.2) is 48.5 Å². The van der Waals surface area contributed by atoms with Crippen molar-refractivity contribution in [1.29, 1.82) is 0 Å². The number of anilines is 1. The van der Waals surface area contributed by atoms with Crippen LogP contribution in [0.1, 0.15) is 15.9 Å². The molecule has 0 aliphatic rings. The summed E-state index contributed by atoms with van der Waals surface area (Å²) in [5.41, 5.74) is 7.00. The van der Waals surface area contributed by atoms with Gasteiger partial charge in [-0.05, 0) is 42.0 Å². The van der Waals surface area contributed by atoms with Gasteiger partial charge in [-0.1, -0.05) is 12.1 Å². The second kappa shape index (κ2) is 7.12. The second-order valence-corrected chi connectivity index (χ2v) is 4.60. The molecule has 4 N–H and O–H groups in total. The number of benzene rings is 2. The van der Waals surface area contributed by atoms with Crippen molar-refractivity contribution in [2.24, 2.45) is 5.73 Å². The van der Waals surface area contributed by atoms with E-state index in [4.69, 9.17) is 10.5 Å². The first-order valence-corrected chi connectivity index (χ1v) is 6.66. The topological polar surface area (TPSA) is 93.4 Å². The Labute approximate surface area is 128 Å². The first-order chi connectivity index (χ1) is 10.6. The van der Waals surface area contributed by atoms with Crippen molar-refractivity contribution in [3.63, 3.8) is 0 Å². The number of amides is 3. The Bertz CT molecular complexity index is 669. The van der Waals surface area contributed by atoms with E-state index in [1.165, 1.54) is 0 Å². The van der Waals surface area contributed by atoms with Crippen LogP contribution in [0.25, 0.3) is 0 Å². The Balaban J connectivity index is 1.95. The molecule has 0 atom stereocenters. The maximum Gasteiger partial charge on any atom is 0.316 e. The molecule has 3 amide bonds. The van der Waals surface area contributed by atoms with Crippen molar-refractivity contribution < 1.29 is 14.3 Å². The molecule has 114 valence electrons. The van der Waals surface area contributed by atoms with Gasteiger partial charge >= 0.3 is 6.03 Å². The number of carbonyl (C=O) groups excluding carboxylic acids is 2. The number of hydrogen-bond acceptors (Lipinski definition) is 3. The zero-order valence-corrected chi connectivity index (χ0v) is 12.1. The zero-order valence-electron chi connectivity index (χ0n) is 12.1. The van der Waals surface area contributed by atoms with Crippen LogP contribution in [-0.2, 0) is 6.54 Å². The van der Waals surface area contributed by atoms with Gasteiger partial charge in [0, 0.05) is 17.8 Å². The number of ether oxygens (including phenoxy) is 1. The Morgan fingerprint density at radius 1 is 1.14 bits per heavy atom. The van der Waals surface area contributed by atoms with Gasteiger partial charge in [-0.25, -0.2) is 4.79 Å². The van der Waals surface area contributed by atoms with Crippen molar-refractivity contribution in [2.45, 2.75) is 6.54 Å². The van der Waals surface area contributed by atoms with Gasteiger partial charge in [0.15, 0.2) is 0 Å². The lowest BCUT2D eigenvalue weighted by atomic mass is 10.1. The van der Waals surface area contributed by atoms with Crippen LogP contribution in [-0.4, -0.2) is 19.0 Å². The van der Waals surface area contributed by atoms with Crippen LogP contribution < -0.4 is 21.1 Å². The maximum absolute atomic E-state index is 12.1. The predicted molar refractivity (Wildman–Crippen MR) is 83.8 cm³/mol. The van der Waals surface area contributed by atoms with Crippen LogP contribution in [0.4, 0.5) is 10.5 Å². The Kier molecular flexibility index (Phi) is 4.98. The maximum atomic E-state index is 12.1. The van der Waals surface area contributed by atoms with Gasteiger partial charge in [-0.15, -0.1) is 0 Å². The highest BCUT2D eigenvalue weighted by molar-refractivity contribution is 5.95. The zero-order chi connectivity index (χ0) is 15.9. The van der Waals surface area contributed by atoms with Crippen LogP contribution in [0.5, 0.6) is 5.75 Å². The molecular weight excluding hydrogens is 282 g/mol. The molecule has 2 aromatic rings. The summed E-state index contributed by atoms with van der Waals surface area (Å²) in [7, 11) is 1.60. The third kappa shape index (κ3) is 4.24. The summed E-state index contributed by atoms with van der Waals surface area (Å²) in [6.07, 6.45) is 0. The molecule has 0 aliphatic heterocycles. The molecule has 0 saturated carbocycles. The van der Waals surface area contributed by atoms with Crippen LogP contribution >= 0.6 is 0 Å². The van der Waals surface area contributed by atoms with Crippen LogP contribution in [0, 0.1) is 0 Å². The minimum Gasteiger partial charge on any atom is -0.497 e. The predicted octanol–water partition coefficient (Wildman–Crippen LogP) is 2.12. The molecule has 0 saturated heterocycles. The average molecular weight is 299 g/mol. The van der Waals surface area contributed by atoms with E-state index in [9.17, 15) is 9.59 Å². The minimum absolute atomic E-state index is 0.201. The van der Waals surface area contributed by atoms with E-state index in [0.717, 1.165) is 11.3 Å². The highest BCUT2D eigenvalue weighted by Gasteiger charge is 2.06. The molecule has 0 aromatic heterocycles. The van der Waals surface area contributed by atoms with Gasteiger partial charge in [0.2, 0.25) is 0 Å². The summed E-state index contributed by atoms with van der Waals surface area (Å²) in [5, 5.41) is 5.25. The third-order valence-electron chi connectivity index (χ3n) is 3.00. The van der Waals surface area contributed by atoms with Gasteiger partial charge in [-0.3, -0.25) is 4.79 Å². The first kappa shape index (κ1) is 15.4. The van der Waals surface area contributed by atoms with Crippen molar-refractivity contribution >= 4 is 17.6 Å². The number of primary amides is 1. The quantitative estimate of drug-likeness (QED) is 0.789. The molecular formula is C16H17N3O3. The lowest BCUT2D eigenvalue weighted by molar-refractivity contribution is 0.0951. The van der Waals surface area contributed by atoms with Gasteiger partial charge in [0.1, 0.15) is 5.75 Å². The fraction of sp³-hybridized carbons (Fsp3) is 0.125. The second-order valence-electron chi connectivity index (χ2n) is 4.60. The van der Waals surface area contributed by atoms with Crippen molar-refractivity contribution in [2.75, 3.05) is 12.4 Å². The molecule has 2 rings (SSSR count). The molecule has 0 bridgehead atoms. The summed E-state index contributed by atoms with van der Waals surface area (Å²) in [5.74, 6) is 0.544. The fourth-order valence-electron chi connectivity index (χ4n) is 1.91. The van der Waals surface area contributed by atoms with Gasteiger partial charge in [-0.2, -0.15) is 0 Å². The van der Waals surface area contributed by atoms with Gasteiger partial charge in [0.05, 0.1) is 7.11 Å². The molecule has 0 radical (unpaired) electrons. The fourth-order valence-corrected chi connectivity index (χ4v) is 1.91. The standard InChI is InChI=1S/C16H17N3O3/c1-22-14-4-2-3-11(9-14)10-18-15(20)12-5-7-13(8-6-12)19-16(17)21/h2-9H,10H2,1H3,(H,18,20)(H3,17,19,21). The van der Waals surface area contributed by atoms with E-state index in [1.54, 1.807) is 31.4 Å². The number of rotatable bonds is 5. The number of hydrogen-bond donors (Lipinski definition) is 3. The van der Waals surface area contributed by atoms with Crippen molar-refractivity contribution in [1.82, 2.24) is 5.32 Å². The summed E-state index contributed by atoms with van der Waals surface area (Å²) in [6.45, 7) is 0.400. The van der Waals surface area contributed by atoms with E-state index in [1.807, 2.05) is 24.3 Å². The summed E-state index contributed by atoms with van der Waals surface area (Å²) in [6, 6.07) is 13.3. The van der Waals surface area contributed by atoms with E-state index in [-0.39, 0.29) is 5.91 Å². The number of nitrogens with one attached hydrogen (secondary N) is 2. The van der Waals surface area contributed by atoms with Gasteiger partial charge in [0.25, 0.3) is 5.91 Å². The van der Waals surface area contributed by atoms with Crippen molar-refractivity contribution in [3.8, 4) is 5.75 Å².